The summed E-state index contributed by atoms with van der Waals surface area (Å²) in [7, 11) is -3.73. The van der Waals surface area contributed by atoms with Crippen molar-refractivity contribution >= 4 is 21.4 Å². The van der Waals surface area contributed by atoms with E-state index in [2.05, 4.69) is 20.0 Å². The van der Waals surface area contributed by atoms with Crippen molar-refractivity contribution in [3.63, 3.8) is 0 Å². The van der Waals surface area contributed by atoms with Crippen molar-refractivity contribution in [1.29, 1.82) is 0 Å². The van der Waals surface area contributed by atoms with Crippen LogP contribution in [0.5, 0.6) is 5.75 Å². The molecule has 156 valence electrons. The summed E-state index contributed by atoms with van der Waals surface area (Å²) in [5.74, 6) is -1.54. The van der Waals surface area contributed by atoms with Crippen LogP contribution in [0.25, 0.3) is 0 Å². The van der Waals surface area contributed by atoms with Gasteiger partial charge < -0.3 is 4.74 Å². The molecule has 29 heavy (non-hydrogen) atoms. The Morgan fingerprint density at radius 3 is 2.79 bits per heavy atom. The third-order valence-electron chi connectivity index (χ3n) is 4.14. The summed E-state index contributed by atoms with van der Waals surface area (Å²) >= 11 is 0. The second-order valence-corrected chi connectivity index (χ2v) is 8.21. The van der Waals surface area contributed by atoms with Gasteiger partial charge >= 0.3 is 0 Å². The van der Waals surface area contributed by atoms with Crippen molar-refractivity contribution in [1.82, 2.24) is 4.98 Å². The van der Waals surface area contributed by atoms with Crippen molar-refractivity contribution in [2.45, 2.75) is 26.3 Å². The highest BCUT2D eigenvalue weighted by Crippen LogP contribution is 2.35. The predicted octanol–water partition coefficient (Wildman–Crippen LogP) is 3.84. The molecule has 11 heteroatoms. The minimum absolute atomic E-state index is 0.0657. The summed E-state index contributed by atoms with van der Waals surface area (Å²) in [6.45, 7) is 4.07. The van der Waals surface area contributed by atoms with Gasteiger partial charge in [0.1, 0.15) is 17.5 Å². The highest BCUT2D eigenvalue weighted by molar-refractivity contribution is 7.92. The van der Waals surface area contributed by atoms with E-state index >= 15 is 0 Å². The van der Waals surface area contributed by atoms with Gasteiger partial charge in [-0.2, -0.15) is 5.11 Å². The Labute approximate surface area is 167 Å². The molecule has 2 heterocycles. The van der Waals surface area contributed by atoms with Crippen LogP contribution in [0.4, 0.5) is 20.2 Å². The Morgan fingerprint density at radius 2 is 2.07 bits per heavy atom. The topological polar surface area (TPSA) is 96.2 Å². The smallest absolute Gasteiger partial charge is 0.232 e. The van der Waals surface area contributed by atoms with Crippen LogP contribution in [0.3, 0.4) is 0 Å². The Hall–Kier alpha value is -2.82. The summed E-state index contributed by atoms with van der Waals surface area (Å²) in [5.41, 5.74) is -0.127. The van der Waals surface area contributed by atoms with Gasteiger partial charge in [-0.05, 0) is 31.5 Å². The summed E-state index contributed by atoms with van der Waals surface area (Å²) in [4.78, 5) is 4.08. The maximum Gasteiger partial charge on any atom is 0.232 e. The molecule has 3 rings (SSSR count). The molecule has 1 aliphatic rings. The number of pyridine rings is 1. The number of aromatic nitrogens is 1. The van der Waals surface area contributed by atoms with E-state index in [9.17, 15) is 17.2 Å². The third kappa shape index (κ3) is 4.78. The minimum Gasteiger partial charge on any atom is -0.492 e. The molecule has 0 saturated heterocycles. The molecule has 0 radical (unpaired) electrons. The van der Waals surface area contributed by atoms with Crippen LogP contribution in [0.1, 0.15) is 31.9 Å². The number of nitrogens with zero attached hydrogens (tertiary/aromatic N) is 4. The molecule has 0 fully saturated rings. The zero-order chi connectivity index (χ0) is 21.0. The van der Waals surface area contributed by atoms with Crippen LogP contribution in [0.2, 0.25) is 0 Å². The number of benzene rings is 1. The number of rotatable bonds is 8. The molecule has 2 aromatic rings. The van der Waals surface area contributed by atoms with Gasteiger partial charge in [-0.1, -0.05) is 12.1 Å². The van der Waals surface area contributed by atoms with Crippen LogP contribution < -0.4 is 14.5 Å². The van der Waals surface area contributed by atoms with Gasteiger partial charge in [0.05, 0.1) is 30.8 Å². The Bertz CT molecular complexity index is 1020. The largest absolute Gasteiger partial charge is 0.492 e. The molecule has 0 amide bonds. The van der Waals surface area contributed by atoms with E-state index in [1.807, 2.05) is 6.92 Å². The SMILES string of the molecule is CCCS(=O)(=O)Nc1ccc(F)c(N2CC(c3cncc(OCC)c3)N=N2)c1F. The molecular weight excluding hydrogens is 404 g/mol. The summed E-state index contributed by atoms with van der Waals surface area (Å²) < 4.78 is 60.7. The van der Waals surface area contributed by atoms with Crippen LogP contribution >= 0.6 is 0 Å². The molecule has 0 spiro atoms. The van der Waals surface area contributed by atoms with Crippen LogP contribution in [-0.2, 0) is 10.0 Å². The molecule has 0 bridgehead atoms. The van der Waals surface area contributed by atoms with E-state index in [0.29, 0.717) is 24.3 Å². The monoisotopic (exact) mass is 425 g/mol. The number of anilines is 2. The van der Waals surface area contributed by atoms with E-state index in [0.717, 1.165) is 17.1 Å². The van der Waals surface area contributed by atoms with E-state index < -0.39 is 33.4 Å². The van der Waals surface area contributed by atoms with Crippen LogP contribution in [-0.4, -0.2) is 32.3 Å². The summed E-state index contributed by atoms with van der Waals surface area (Å²) in [6.07, 6.45) is 3.50. The molecule has 1 aliphatic heterocycles. The minimum atomic E-state index is -3.73. The van der Waals surface area contributed by atoms with Crippen molar-refractivity contribution < 1.29 is 21.9 Å². The molecule has 1 unspecified atom stereocenters. The number of sulfonamides is 1. The molecule has 0 aliphatic carbocycles. The number of nitrogens with one attached hydrogen (secondary N) is 1. The Balaban J connectivity index is 1.84. The average Bonchev–Trinajstić information content (AvgIpc) is 3.14. The van der Waals surface area contributed by atoms with Gasteiger partial charge in [-0.3, -0.25) is 9.71 Å². The zero-order valence-electron chi connectivity index (χ0n) is 16.0. The average molecular weight is 425 g/mol. The first-order valence-corrected chi connectivity index (χ1v) is 10.7. The molecule has 1 N–H and O–H groups in total. The van der Waals surface area contributed by atoms with Crippen molar-refractivity contribution in [3.8, 4) is 5.75 Å². The molecule has 1 atom stereocenters. The molecule has 0 saturated carbocycles. The first kappa shape index (κ1) is 20.9. The highest BCUT2D eigenvalue weighted by atomic mass is 32.2. The second-order valence-electron chi connectivity index (χ2n) is 6.37. The summed E-state index contributed by atoms with van der Waals surface area (Å²) in [5, 5.41) is 9.00. The van der Waals surface area contributed by atoms with Gasteiger partial charge in [0, 0.05) is 11.8 Å². The highest BCUT2D eigenvalue weighted by Gasteiger charge is 2.29. The first-order valence-electron chi connectivity index (χ1n) is 9.09. The van der Waals surface area contributed by atoms with Crippen LogP contribution in [0, 0.1) is 11.6 Å². The van der Waals surface area contributed by atoms with Crippen LogP contribution in [0.15, 0.2) is 40.9 Å². The summed E-state index contributed by atoms with van der Waals surface area (Å²) in [6, 6.07) is 3.28. The molecular formula is C18H21F2N5O3S. The number of hydrogen-bond donors (Lipinski definition) is 1. The van der Waals surface area contributed by atoms with Gasteiger partial charge in [-0.15, -0.1) is 0 Å². The standard InChI is InChI=1S/C18H21F2N5O3S/c1-3-7-29(26,27)23-15-6-5-14(19)18(17(15)20)25-11-16(22-24-25)12-8-13(28-4-2)10-21-9-12/h5-6,8-10,16,23H,3-4,7,11H2,1-2H3. The Morgan fingerprint density at radius 1 is 1.28 bits per heavy atom. The molecule has 1 aromatic heterocycles. The van der Waals surface area contributed by atoms with Gasteiger partial charge in [0.25, 0.3) is 0 Å². The molecule has 1 aromatic carbocycles. The fourth-order valence-electron chi connectivity index (χ4n) is 2.88. The van der Waals surface area contributed by atoms with Crippen molar-refractivity contribution in [2.75, 3.05) is 28.6 Å². The quantitative estimate of drug-likeness (QED) is 0.693. The predicted molar refractivity (Wildman–Crippen MR) is 104 cm³/mol. The van der Waals surface area contributed by atoms with E-state index in [4.69, 9.17) is 4.74 Å². The van der Waals surface area contributed by atoms with Gasteiger partial charge in [0.15, 0.2) is 11.6 Å². The van der Waals surface area contributed by atoms with Crippen molar-refractivity contribution in [3.05, 3.63) is 47.8 Å². The Kier molecular flexibility index (Phi) is 6.26. The molecule has 8 nitrogen and oxygen atoms in total. The fourth-order valence-corrected chi connectivity index (χ4v) is 4.01. The number of ether oxygens (including phenoxy) is 1. The maximum atomic E-state index is 14.9. The second kappa shape index (κ2) is 8.68. The maximum absolute atomic E-state index is 14.9. The van der Waals surface area contributed by atoms with E-state index in [-0.39, 0.29) is 18.0 Å². The lowest BCUT2D eigenvalue weighted by Gasteiger charge is -2.18. The zero-order valence-corrected chi connectivity index (χ0v) is 16.8. The number of hydrogen-bond acceptors (Lipinski definition) is 7. The first-order chi connectivity index (χ1) is 13.8. The van der Waals surface area contributed by atoms with Crippen molar-refractivity contribution in [2.24, 2.45) is 10.3 Å². The number of halogens is 2. The van der Waals surface area contributed by atoms with E-state index in [1.54, 1.807) is 25.4 Å². The van der Waals surface area contributed by atoms with Gasteiger partial charge in [0.2, 0.25) is 10.0 Å². The van der Waals surface area contributed by atoms with E-state index in [1.165, 1.54) is 0 Å². The third-order valence-corrected chi connectivity index (χ3v) is 5.61. The lowest BCUT2D eigenvalue weighted by molar-refractivity contribution is 0.338. The normalized spacial score (nSPS) is 16.3. The lowest BCUT2D eigenvalue weighted by atomic mass is 10.1. The van der Waals surface area contributed by atoms with Gasteiger partial charge in [-0.25, -0.2) is 22.2 Å². The lowest BCUT2D eigenvalue weighted by Crippen LogP contribution is -2.21. The fraction of sp³-hybridized carbons (Fsp3) is 0.389.